The van der Waals surface area contributed by atoms with Gasteiger partial charge in [-0.15, -0.1) is 11.3 Å². The van der Waals surface area contributed by atoms with Gasteiger partial charge >= 0.3 is 0 Å². The molecule has 2 heterocycles. The summed E-state index contributed by atoms with van der Waals surface area (Å²) in [7, 11) is 1.97. The van der Waals surface area contributed by atoms with E-state index in [2.05, 4.69) is 23.2 Å². The molecule has 0 spiro atoms. The van der Waals surface area contributed by atoms with E-state index in [9.17, 15) is 4.39 Å². The number of halogens is 1. The highest BCUT2D eigenvalue weighted by Gasteiger charge is 2.20. The number of hydrogen-bond acceptors (Lipinski definition) is 3. The van der Waals surface area contributed by atoms with Gasteiger partial charge in [0.05, 0.1) is 0 Å². The fourth-order valence-corrected chi connectivity index (χ4v) is 3.86. The van der Waals surface area contributed by atoms with Crippen LogP contribution in [0.1, 0.15) is 20.9 Å². The molecular weight excluding hydrogens is 271 g/mol. The van der Waals surface area contributed by atoms with Crippen LogP contribution >= 0.6 is 11.3 Å². The van der Waals surface area contributed by atoms with Gasteiger partial charge in [-0.1, -0.05) is 6.07 Å². The largest absolute Gasteiger partial charge is 0.367 e. The predicted octanol–water partition coefficient (Wildman–Crippen LogP) is 3.48. The zero-order valence-electron chi connectivity index (χ0n) is 11.9. The molecule has 1 aromatic carbocycles. The number of nitrogens with zero attached hydrogens (tertiary/aromatic N) is 1. The van der Waals surface area contributed by atoms with Crippen LogP contribution < -0.4 is 10.2 Å². The van der Waals surface area contributed by atoms with Crippen LogP contribution in [0.4, 0.5) is 10.1 Å². The zero-order chi connectivity index (χ0) is 14.1. The first kappa shape index (κ1) is 13.6. The van der Waals surface area contributed by atoms with Crippen molar-refractivity contribution in [2.75, 3.05) is 18.5 Å². The first-order valence-corrected chi connectivity index (χ1v) is 7.75. The lowest BCUT2D eigenvalue weighted by atomic mass is 10.1. The monoisotopic (exact) mass is 290 g/mol. The number of rotatable bonds is 4. The Kier molecular flexibility index (Phi) is 3.76. The molecule has 1 aromatic heterocycles. The lowest BCUT2D eigenvalue weighted by molar-refractivity contribution is 0.627. The summed E-state index contributed by atoms with van der Waals surface area (Å²) in [5.74, 6) is -0.145. The summed E-state index contributed by atoms with van der Waals surface area (Å²) in [4.78, 5) is 5.01. The van der Waals surface area contributed by atoms with Gasteiger partial charge in [-0.05, 0) is 49.7 Å². The number of nitrogens with one attached hydrogen (secondary N) is 1. The third kappa shape index (κ3) is 2.58. The molecule has 106 valence electrons. The Balaban J connectivity index is 1.81. The van der Waals surface area contributed by atoms with Crippen molar-refractivity contribution in [2.24, 2.45) is 0 Å². The summed E-state index contributed by atoms with van der Waals surface area (Å²) >= 11 is 1.84. The number of thiophene rings is 1. The molecule has 0 aliphatic carbocycles. The third-order valence-electron chi connectivity index (χ3n) is 3.82. The van der Waals surface area contributed by atoms with Crippen molar-refractivity contribution in [1.82, 2.24) is 5.32 Å². The van der Waals surface area contributed by atoms with Gasteiger partial charge in [-0.2, -0.15) is 0 Å². The van der Waals surface area contributed by atoms with Gasteiger partial charge in [0, 0.05) is 35.1 Å². The molecule has 0 unspecified atom stereocenters. The maximum atomic E-state index is 13.4. The van der Waals surface area contributed by atoms with Crippen molar-refractivity contribution in [3.05, 3.63) is 51.0 Å². The van der Waals surface area contributed by atoms with E-state index in [4.69, 9.17) is 0 Å². The highest BCUT2D eigenvalue weighted by molar-refractivity contribution is 7.12. The van der Waals surface area contributed by atoms with Crippen LogP contribution in [0.5, 0.6) is 0 Å². The molecular formula is C16H19FN2S. The number of benzene rings is 1. The molecule has 2 aromatic rings. The average molecular weight is 290 g/mol. The smallest absolute Gasteiger partial charge is 0.125 e. The average Bonchev–Trinajstić information content (AvgIpc) is 2.95. The molecule has 3 rings (SSSR count). The minimum Gasteiger partial charge on any atom is -0.367 e. The van der Waals surface area contributed by atoms with Crippen molar-refractivity contribution in [2.45, 2.75) is 26.4 Å². The highest BCUT2D eigenvalue weighted by Crippen LogP contribution is 2.32. The topological polar surface area (TPSA) is 15.3 Å². The van der Waals surface area contributed by atoms with Crippen molar-refractivity contribution < 1.29 is 4.39 Å². The Bertz CT molecular complexity index is 621. The SMILES string of the molecule is CNCc1cc(CN2CCc3ccc(F)cc32)c(C)s1. The van der Waals surface area contributed by atoms with Gasteiger partial charge in [-0.25, -0.2) is 4.39 Å². The van der Waals surface area contributed by atoms with E-state index in [1.54, 1.807) is 12.1 Å². The van der Waals surface area contributed by atoms with Gasteiger partial charge in [0.15, 0.2) is 0 Å². The normalized spacial score (nSPS) is 13.8. The maximum Gasteiger partial charge on any atom is 0.125 e. The third-order valence-corrected chi connectivity index (χ3v) is 4.92. The van der Waals surface area contributed by atoms with Gasteiger partial charge in [0.25, 0.3) is 0 Å². The summed E-state index contributed by atoms with van der Waals surface area (Å²) in [6.07, 6.45) is 1.02. The van der Waals surface area contributed by atoms with E-state index >= 15 is 0 Å². The molecule has 2 nitrogen and oxygen atoms in total. The second-order valence-corrected chi connectivity index (χ2v) is 6.61. The second-order valence-electron chi connectivity index (χ2n) is 5.27. The van der Waals surface area contributed by atoms with Crippen molar-refractivity contribution in [3.8, 4) is 0 Å². The maximum absolute atomic E-state index is 13.4. The van der Waals surface area contributed by atoms with Crippen LogP contribution in [-0.2, 0) is 19.5 Å². The standard InChI is InChI=1S/C16H19FN2S/c1-11-13(7-15(20-11)9-18-2)10-19-6-5-12-3-4-14(17)8-16(12)19/h3-4,7-8,18H,5-6,9-10H2,1-2H3. The second kappa shape index (κ2) is 5.54. The Hall–Kier alpha value is -1.39. The number of anilines is 1. The summed E-state index contributed by atoms with van der Waals surface area (Å²) in [5, 5.41) is 3.19. The van der Waals surface area contributed by atoms with E-state index < -0.39 is 0 Å². The van der Waals surface area contributed by atoms with Crippen molar-refractivity contribution in [1.29, 1.82) is 0 Å². The number of fused-ring (bicyclic) bond motifs is 1. The highest BCUT2D eigenvalue weighted by atomic mass is 32.1. The fourth-order valence-electron chi connectivity index (χ4n) is 2.79. The lowest BCUT2D eigenvalue weighted by Gasteiger charge is -2.19. The summed E-state index contributed by atoms with van der Waals surface area (Å²) in [6.45, 7) is 4.94. The Morgan fingerprint density at radius 1 is 1.35 bits per heavy atom. The van der Waals surface area contributed by atoms with Crippen LogP contribution in [0.15, 0.2) is 24.3 Å². The van der Waals surface area contributed by atoms with E-state index in [-0.39, 0.29) is 5.82 Å². The summed E-state index contributed by atoms with van der Waals surface area (Å²) in [5.41, 5.74) is 3.68. The molecule has 0 radical (unpaired) electrons. The molecule has 0 bridgehead atoms. The summed E-state index contributed by atoms with van der Waals surface area (Å²) < 4.78 is 13.4. The lowest BCUT2D eigenvalue weighted by Crippen LogP contribution is -2.19. The van der Waals surface area contributed by atoms with Gasteiger partial charge < -0.3 is 10.2 Å². The first-order chi connectivity index (χ1) is 9.67. The van der Waals surface area contributed by atoms with Crippen LogP contribution in [0.25, 0.3) is 0 Å². The Morgan fingerprint density at radius 2 is 2.20 bits per heavy atom. The van der Waals surface area contributed by atoms with Crippen LogP contribution in [0.3, 0.4) is 0 Å². The van der Waals surface area contributed by atoms with E-state index in [0.717, 1.165) is 31.7 Å². The van der Waals surface area contributed by atoms with Crippen LogP contribution in [-0.4, -0.2) is 13.6 Å². The number of aryl methyl sites for hydroxylation is 1. The minimum absolute atomic E-state index is 0.145. The van der Waals surface area contributed by atoms with Crippen LogP contribution in [0.2, 0.25) is 0 Å². The summed E-state index contributed by atoms with van der Waals surface area (Å²) in [6, 6.07) is 7.41. The molecule has 1 aliphatic rings. The zero-order valence-corrected chi connectivity index (χ0v) is 12.7. The van der Waals surface area contributed by atoms with E-state index in [0.29, 0.717) is 0 Å². The molecule has 0 saturated carbocycles. The molecule has 0 atom stereocenters. The quantitative estimate of drug-likeness (QED) is 0.927. The van der Waals surface area contributed by atoms with Crippen molar-refractivity contribution in [3.63, 3.8) is 0 Å². The molecule has 20 heavy (non-hydrogen) atoms. The van der Waals surface area contributed by atoms with E-state index in [1.807, 2.05) is 24.5 Å². The first-order valence-electron chi connectivity index (χ1n) is 6.93. The van der Waals surface area contributed by atoms with Crippen LogP contribution in [0, 0.1) is 12.7 Å². The Morgan fingerprint density at radius 3 is 3.00 bits per heavy atom. The number of hydrogen-bond donors (Lipinski definition) is 1. The van der Waals surface area contributed by atoms with Gasteiger partial charge in [-0.3, -0.25) is 0 Å². The Labute approximate surface area is 123 Å². The minimum atomic E-state index is -0.145. The van der Waals surface area contributed by atoms with Crippen molar-refractivity contribution >= 4 is 17.0 Å². The van der Waals surface area contributed by atoms with Gasteiger partial charge in [0.1, 0.15) is 5.82 Å². The molecule has 0 fully saturated rings. The molecule has 4 heteroatoms. The van der Waals surface area contributed by atoms with Gasteiger partial charge in [0.2, 0.25) is 0 Å². The molecule has 1 N–H and O–H groups in total. The molecule has 0 saturated heterocycles. The fraction of sp³-hybridized carbons (Fsp3) is 0.375. The molecule has 1 aliphatic heterocycles. The molecule has 0 amide bonds. The predicted molar refractivity (Wildman–Crippen MR) is 83.0 cm³/mol. The van der Waals surface area contributed by atoms with E-state index in [1.165, 1.54) is 20.9 Å².